The molecule has 0 saturated carbocycles. The van der Waals surface area contributed by atoms with Crippen molar-refractivity contribution in [2.24, 2.45) is 9.98 Å². The second-order valence-corrected chi connectivity index (χ2v) is 7.83. The smallest absolute Gasteiger partial charge is 0.307 e. The number of hydrogen-bond acceptors (Lipinski definition) is 6. The summed E-state index contributed by atoms with van der Waals surface area (Å²) in [6.07, 6.45) is 1.72. The van der Waals surface area contributed by atoms with Crippen LogP contribution in [0.25, 0.3) is 11.9 Å². The van der Waals surface area contributed by atoms with Crippen LogP contribution in [0.15, 0.2) is 33.0 Å². The zero-order valence-corrected chi connectivity index (χ0v) is 16.5. The summed E-state index contributed by atoms with van der Waals surface area (Å²) in [4.78, 5) is 27.5. The summed E-state index contributed by atoms with van der Waals surface area (Å²) in [6.45, 7) is 3.75. The monoisotopic (exact) mass is 418 g/mol. The third-order valence-electron chi connectivity index (χ3n) is 4.07. The molecule has 9 heteroatoms. The number of aromatic hydroxyl groups is 1. The fourth-order valence-electron chi connectivity index (χ4n) is 2.73. The van der Waals surface area contributed by atoms with E-state index in [1.54, 1.807) is 18.2 Å². The highest BCUT2D eigenvalue weighted by molar-refractivity contribution is 7.10. The average Bonchev–Trinajstić information content (AvgIpc) is 3.13. The number of fused-ring (bicyclic) bond motifs is 1. The van der Waals surface area contributed by atoms with E-state index < -0.39 is 0 Å². The van der Waals surface area contributed by atoms with Crippen molar-refractivity contribution in [2.45, 2.75) is 13.8 Å². The van der Waals surface area contributed by atoms with Crippen molar-refractivity contribution >= 4 is 46.4 Å². The predicted molar refractivity (Wildman–Crippen MR) is 105 cm³/mol. The van der Waals surface area contributed by atoms with Gasteiger partial charge in [0.1, 0.15) is 5.35 Å². The minimum Gasteiger partial charge on any atom is -0.493 e. The van der Waals surface area contributed by atoms with Crippen molar-refractivity contribution in [3.63, 3.8) is 0 Å². The number of aryl methyl sites for hydroxylation is 2. The molecule has 3 heterocycles. The van der Waals surface area contributed by atoms with Crippen LogP contribution in [0, 0.1) is 13.8 Å². The Morgan fingerprint density at radius 1 is 1.11 bits per heavy atom. The van der Waals surface area contributed by atoms with Crippen molar-refractivity contribution < 1.29 is 5.11 Å². The molecule has 2 N–H and O–H groups in total. The van der Waals surface area contributed by atoms with Gasteiger partial charge in [0, 0.05) is 5.69 Å². The van der Waals surface area contributed by atoms with Crippen molar-refractivity contribution in [3.8, 4) is 5.88 Å². The van der Waals surface area contributed by atoms with E-state index in [-0.39, 0.29) is 10.8 Å². The standard InChI is InChI=1S/C18H12Cl2N4O2S/c1-7-3-9(4-14-17(25)24-18(26)27-14)8(2)21-15(7)16-22-12-5-10(19)11(20)6-13(12)23-16/h3-6,25H,1-2H3,(H,24,26)/b9-4-. The molecular weight excluding hydrogens is 407 g/mol. The number of H-pyrrole nitrogens is 1. The molecule has 0 unspecified atom stereocenters. The molecular formula is C18H12Cl2N4O2S. The molecule has 0 radical (unpaired) electrons. The Balaban J connectivity index is 1.93. The third kappa shape index (κ3) is 3.29. The maximum atomic E-state index is 11.4. The average molecular weight is 419 g/mol. The Labute approximate surface area is 166 Å². The number of nitrogens with zero attached hydrogens (tertiary/aromatic N) is 3. The molecule has 4 rings (SSSR count). The molecule has 1 aliphatic heterocycles. The molecule has 0 spiro atoms. The SMILES string of the molecule is Cc1c/c(=C/c2sc(=O)[nH]c2O)c(C)nc1=C1N=c2cc(Cl)c(Cl)cc2=N1. The van der Waals surface area contributed by atoms with Crippen LogP contribution in [-0.4, -0.2) is 15.1 Å². The Kier molecular flexibility index (Phi) is 4.38. The summed E-state index contributed by atoms with van der Waals surface area (Å²) in [5.74, 6) is 0.343. The van der Waals surface area contributed by atoms with Crippen LogP contribution in [0.4, 0.5) is 0 Å². The van der Waals surface area contributed by atoms with Gasteiger partial charge in [0.2, 0.25) is 5.88 Å². The van der Waals surface area contributed by atoms with E-state index in [1.165, 1.54) is 0 Å². The first-order valence-electron chi connectivity index (χ1n) is 7.86. The predicted octanol–water partition coefficient (Wildman–Crippen LogP) is 1.31. The number of pyridine rings is 1. The van der Waals surface area contributed by atoms with Gasteiger partial charge in [0.25, 0.3) is 0 Å². The molecule has 0 saturated heterocycles. The summed E-state index contributed by atoms with van der Waals surface area (Å²) >= 11 is 13.0. The summed E-state index contributed by atoms with van der Waals surface area (Å²) in [5.41, 5.74) is 1.59. The highest BCUT2D eigenvalue weighted by Crippen LogP contribution is 2.18. The van der Waals surface area contributed by atoms with Gasteiger partial charge in [-0.2, -0.15) is 0 Å². The molecule has 2 aromatic heterocycles. The van der Waals surface area contributed by atoms with Gasteiger partial charge in [-0.25, -0.2) is 15.0 Å². The lowest BCUT2D eigenvalue weighted by Gasteiger charge is -2.00. The minimum absolute atomic E-state index is 0.148. The molecule has 3 aromatic rings. The fourth-order valence-corrected chi connectivity index (χ4v) is 3.73. The van der Waals surface area contributed by atoms with Gasteiger partial charge in [-0.05, 0) is 48.9 Å². The van der Waals surface area contributed by atoms with Crippen LogP contribution >= 0.6 is 34.5 Å². The molecule has 136 valence electrons. The van der Waals surface area contributed by atoms with Crippen LogP contribution in [0.3, 0.4) is 0 Å². The van der Waals surface area contributed by atoms with Gasteiger partial charge in [0.05, 0.1) is 25.6 Å². The number of aromatic amines is 1. The second-order valence-electron chi connectivity index (χ2n) is 6.00. The maximum Gasteiger partial charge on any atom is 0.307 e. The van der Waals surface area contributed by atoms with Gasteiger partial charge < -0.3 is 5.11 Å². The summed E-state index contributed by atoms with van der Waals surface area (Å²) in [7, 11) is 0. The quantitative estimate of drug-likeness (QED) is 0.623. The van der Waals surface area contributed by atoms with E-state index in [9.17, 15) is 9.90 Å². The lowest BCUT2D eigenvalue weighted by molar-refractivity contribution is 0.455. The first kappa shape index (κ1) is 17.9. The van der Waals surface area contributed by atoms with Gasteiger partial charge >= 0.3 is 4.87 Å². The number of hydrogen-bond donors (Lipinski definition) is 2. The number of nitrogens with one attached hydrogen (secondary N) is 1. The molecule has 0 fully saturated rings. The van der Waals surface area contributed by atoms with E-state index in [4.69, 9.17) is 23.2 Å². The van der Waals surface area contributed by atoms with E-state index >= 15 is 0 Å². The summed E-state index contributed by atoms with van der Waals surface area (Å²) < 4.78 is 0. The zero-order valence-electron chi connectivity index (χ0n) is 14.2. The van der Waals surface area contributed by atoms with Crippen molar-refractivity contribution in [2.75, 3.05) is 0 Å². The van der Waals surface area contributed by atoms with Crippen LogP contribution < -0.4 is 26.2 Å². The van der Waals surface area contributed by atoms with Crippen LogP contribution in [0.1, 0.15) is 16.1 Å². The van der Waals surface area contributed by atoms with Gasteiger partial charge in [-0.1, -0.05) is 34.5 Å². The topological polar surface area (TPSA) is 90.7 Å². The lowest BCUT2D eigenvalue weighted by atomic mass is 10.2. The molecule has 27 heavy (non-hydrogen) atoms. The van der Waals surface area contributed by atoms with Crippen molar-refractivity contribution in [3.05, 3.63) is 75.3 Å². The third-order valence-corrected chi connectivity index (χ3v) is 5.61. The van der Waals surface area contributed by atoms with Gasteiger partial charge in [-0.3, -0.25) is 9.78 Å². The molecule has 0 amide bonds. The van der Waals surface area contributed by atoms with Gasteiger partial charge in [-0.15, -0.1) is 0 Å². The van der Waals surface area contributed by atoms with E-state index in [1.807, 2.05) is 19.9 Å². The summed E-state index contributed by atoms with van der Waals surface area (Å²) in [5, 5.41) is 13.4. The number of thiazole rings is 1. The highest BCUT2D eigenvalue weighted by Gasteiger charge is 2.10. The molecule has 1 aromatic carbocycles. The first-order valence-corrected chi connectivity index (χ1v) is 9.44. The van der Waals surface area contributed by atoms with E-state index in [2.05, 4.69) is 20.0 Å². The molecule has 0 aliphatic carbocycles. The number of benzene rings is 1. The fraction of sp³-hybridized carbons (Fsp3) is 0.111. The Bertz CT molecular complexity index is 1360. The van der Waals surface area contributed by atoms with Crippen molar-refractivity contribution in [1.29, 1.82) is 0 Å². The largest absolute Gasteiger partial charge is 0.493 e. The molecule has 0 bridgehead atoms. The first-order chi connectivity index (χ1) is 12.8. The molecule has 1 aliphatic rings. The highest BCUT2D eigenvalue weighted by atomic mass is 35.5. The Hall–Kier alpha value is -2.48. The Morgan fingerprint density at radius 2 is 1.74 bits per heavy atom. The summed E-state index contributed by atoms with van der Waals surface area (Å²) in [6, 6.07) is 5.27. The molecule has 6 nitrogen and oxygen atoms in total. The lowest BCUT2D eigenvalue weighted by Crippen LogP contribution is -2.23. The van der Waals surface area contributed by atoms with Crippen LogP contribution in [-0.2, 0) is 0 Å². The van der Waals surface area contributed by atoms with Crippen molar-refractivity contribution in [1.82, 2.24) is 9.97 Å². The van der Waals surface area contributed by atoms with Crippen LogP contribution in [0.2, 0.25) is 10.0 Å². The number of halogens is 2. The molecule has 0 atom stereocenters. The van der Waals surface area contributed by atoms with Crippen LogP contribution in [0.5, 0.6) is 5.88 Å². The van der Waals surface area contributed by atoms with E-state index in [0.29, 0.717) is 36.8 Å². The second kappa shape index (κ2) is 6.60. The normalized spacial score (nSPS) is 13.5. The van der Waals surface area contributed by atoms with Gasteiger partial charge in [0.15, 0.2) is 5.82 Å². The van der Waals surface area contributed by atoms with E-state index in [0.717, 1.165) is 27.8 Å². The minimum atomic E-state index is -0.313. The number of aromatic nitrogens is 2. The Morgan fingerprint density at radius 3 is 2.30 bits per heavy atom. The zero-order chi connectivity index (χ0) is 19.3. The number of rotatable bonds is 1. The maximum absolute atomic E-state index is 11.4.